The molecule has 2 aromatic rings. The maximum absolute atomic E-state index is 13.1. The van der Waals surface area contributed by atoms with Crippen LogP contribution < -0.4 is 5.32 Å². The third-order valence-electron chi connectivity index (χ3n) is 6.01. The Kier molecular flexibility index (Phi) is 6.48. The highest BCUT2D eigenvalue weighted by atomic mass is 35.5. The number of hydrogen-bond donors (Lipinski definition) is 1. The number of benzene rings is 2. The number of hydrazone groups is 1. The fourth-order valence-electron chi connectivity index (χ4n) is 4.06. The standard InChI is InChI=1S/C24H28ClN5O2/c1-16-4-6-19(7-5-16)23-21(29-13-12-28(3)15-22(29)31)14-30(27-23)24(32)26-17(2)18-8-10-20(25)11-9-18/h4-11,17,21H,12-15H2,1-3H3,(H,26,32)/t17-,21?/m1/s1. The number of likely N-dealkylation sites (N-methyl/N-ethyl adjacent to an activating group) is 1. The average molecular weight is 454 g/mol. The molecule has 3 amide bonds. The second-order valence-corrected chi connectivity index (χ2v) is 8.93. The van der Waals surface area contributed by atoms with Crippen LogP contribution in [-0.4, -0.2) is 71.7 Å². The molecular weight excluding hydrogens is 426 g/mol. The van der Waals surface area contributed by atoms with Gasteiger partial charge in [0.15, 0.2) is 0 Å². The molecule has 1 fully saturated rings. The zero-order chi connectivity index (χ0) is 22.8. The third-order valence-corrected chi connectivity index (χ3v) is 6.26. The largest absolute Gasteiger partial charge is 0.338 e. The van der Waals surface area contributed by atoms with Crippen LogP contribution in [0.5, 0.6) is 0 Å². The second kappa shape index (κ2) is 9.30. The SMILES string of the molecule is Cc1ccc(C2=NN(C(=O)N[C@H](C)c3ccc(Cl)cc3)CC2N2CCN(C)CC2=O)cc1. The molecule has 2 aliphatic heterocycles. The summed E-state index contributed by atoms with van der Waals surface area (Å²) in [4.78, 5) is 29.7. The van der Waals surface area contributed by atoms with E-state index in [1.54, 1.807) is 12.1 Å². The van der Waals surface area contributed by atoms with Gasteiger partial charge in [0.25, 0.3) is 0 Å². The molecule has 1 saturated heterocycles. The fraction of sp³-hybridized carbons (Fsp3) is 0.375. The Labute approximate surface area is 193 Å². The predicted octanol–water partition coefficient (Wildman–Crippen LogP) is 3.28. The van der Waals surface area contributed by atoms with Gasteiger partial charge in [0.2, 0.25) is 5.91 Å². The summed E-state index contributed by atoms with van der Waals surface area (Å²) >= 11 is 5.97. The summed E-state index contributed by atoms with van der Waals surface area (Å²) in [5, 5.41) is 9.77. The van der Waals surface area contributed by atoms with Gasteiger partial charge in [-0.05, 0) is 44.2 Å². The zero-order valence-corrected chi connectivity index (χ0v) is 19.3. The number of nitrogens with zero attached hydrogens (tertiary/aromatic N) is 4. The van der Waals surface area contributed by atoms with Crippen molar-refractivity contribution in [2.24, 2.45) is 5.10 Å². The van der Waals surface area contributed by atoms with Gasteiger partial charge in [0.1, 0.15) is 0 Å². The molecule has 2 aliphatic rings. The van der Waals surface area contributed by atoms with Crippen molar-refractivity contribution in [3.05, 3.63) is 70.2 Å². The lowest BCUT2D eigenvalue weighted by molar-refractivity contribution is -0.136. The highest BCUT2D eigenvalue weighted by Crippen LogP contribution is 2.23. The van der Waals surface area contributed by atoms with Gasteiger partial charge in [-0.3, -0.25) is 9.69 Å². The van der Waals surface area contributed by atoms with Crippen molar-refractivity contribution in [2.75, 3.05) is 33.2 Å². The Morgan fingerprint density at radius 2 is 1.81 bits per heavy atom. The van der Waals surface area contributed by atoms with E-state index >= 15 is 0 Å². The van der Waals surface area contributed by atoms with Crippen LogP contribution in [0.3, 0.4) is 0 Å². The van der Waals surface area contributed by atoms with Crippen LogP contribution in [0.25, 0.3) is 0 Å². The van der Waals surface area contributed by atoms with Crippen LogP contribution >= 0.6 is 11.6 Å². The van der Waals surface area contributed by atoms with Gasteiger partial charge in [-0.15, -0.1) is 0 Å². The first-order chi connectivity index (χ1) is 15.3. The number of aryl methyl sites for hydroxylation is 1. The topological polar surface area (TPSA) is 68.2 Å². The van der Waals surface area contributed by atoms with Gasteiger partial charge < -0.3 is 10.2 Å². The summed E-state index contributed by atoms with van der Waals surface area (Å²) in [6, 6.07) is 14.7. The van der Waals surface area contributed by atoms with Crippen LogP contribution in [0, 0.1) is 6.92 Å². The van der Waals surface area contributed by atoms with Gasteiger partial charge in [0, 0.05) is 18.1 Å². The summed E-state index contributed by atoms with van der Waals surface area (Å²) in [5.74, 6) is 0.0559. The van der Waals surface area contributed by atoms with Crippen molar-refractivity contribution in [1.82, 2.24) is 20.1 Å². The Hall–Kier alpha value is -2.90. The van der Waals surface area contributed by atoms with Crippen molar-refractivity contribution < 1.29 is 9.59 Å². The van der Waals surface area contributed by atoms with Crippen molar-refractivity contribution in [3.8, 4) is 0 Å². The van der Waals surface area contributed by atoms with Gasteiger partial charge >= 0.3 is 6.03 Å². The molecule has 0 bridgehead atoms. The Balaban J connectivity index is 1.56. The summed E-state index contributed by atoms with van der Waals surface area (Å²) < 4.78 is 0. The van der Waals surface area contributed by atoms with Crippen LogP contribution in [-0.2, 0) is 4.79 Å². The van der Waals surface area contributed by atoms with E-state index in [0.29, 0.717) is 24.7 Å². The molecule has 2 heterocycles. The summed E-state index contributed by atoms with van der Waals surface area (Å²) in [6.45, 7) is 6.06. The van der Waals surface area contributed by atoms with E-state index in [1.807, 2.05) is 67.1 Å². The van der Waals surface area contributed by atoms with Gasteiger partial charge in [-0.25, -0.2) is 9.80 Å². The number of urea groups is 1. The van der Waals surface area contributed by atoms with E-state index < -0.39 is 0 Å². The first kappa shape index (κ1) is 22.3. The molecule has 2 atom stereocenters. The number of hydrogen-bond acceptors (Lipinski definition) is 4. The van der Waals surface area contributed by atoms with Crippen molar-refractivity contribution in [3.63, 3.8) is 0 Å². The number of piperazine rings is 1. The highest BCUT2D eigenvalue weighted by Gasteiger charge is 2.39. The molecule has 32 heavy (non-hydrogen) atoms. The lowest BCUT2D eigenvalue weighted by atomic mass is 10.0. The van der Waals surface area contributed by atoms with Crippen LogP contribution in [0.2, 0.25) is 5.02 Å². The van der Waals surface area contributed by atoms with Crippen LogP contribution in [0.15, 0.2) is 53.6 Å². The first-order valence-electron chi connectivity index (χ1n) is 10.8. The fourth-order valence-corrected chi connectivity index (χ4v) is 4.19. The summed E-state index contributed by atoms with van der Waals surface area (Å²) in [6.07, 6.45) is 0. The van der Waals surface area contributed by atoms with Gasteiger partial charge in [-0.1, -0.05) is 53.6 Å². The lowest BCUT2D eigenvalue weighted by Gasteiger charge is -2.36. The Morgan fingerprint density at radius 1 is 1.12 bits per heavy atom. The molecular formula is C24H28ClN5O2. The Bertz CT molecular complexity index is 1020. The number of amides is 3. The smallest absolute Gasteiger partial charge is 0.330 e. The van der Waals surface area contributed by atoms with Crippen molar-refractivity contribution in [2.45, 2.75) is 25.9 Å². The molecule has 4 rings (SSSR count). The normalized spacial score (nSPS) is 20.3. The minimum Gasteiger partial charge on any atom is -0.330 e. The summed E-state index contributed by atoms with van der Waals surface area (Å²) in [7, 11) is 1.94. The minimum absolute atomic E-state index is 0.0559. The predicted molar refractivity (Wildman–Crippen MR) is 126 cm³/mol. The number of nitrogens with one attached hydrogen (secondary N) is 1. The molecule has 0 saturated carbocycles. The molecule has 2 aromatic carbocycles. The summed E-state index contributed by atoms with van der Waals surface area (Å²) in [5.41, 5.74) is 3.77. The van der Waals surface area contributed by atoms with E-state index in [2.05, 4.69) is 10.4 Å². The monoisotopic (exact) mass is 453 g/mol. The molecule has 0 aliphatic carbocycles. The molecule has 0 radical (unpaired) electrons. The first-order valence-corrected chi connectivity index (χ1v) is 11.2. The van der Waals surface area contributed by atoms with E-state index in [1.165, 1.54) is 5.01 Å². The lowest BCUT2D eigenvalue weighted by Crippen LogP contribution is -2.56. The highest BCUT2D eigenvalue weighted by molar-refractivity contribution is 6.30. The molecule has 0 aromatic heterocycles. The third kappa shape index (κ3) is 4.79. The maximum Gasteiger partial charge on any atom is 0.338 e. The van der Waals surface area contributed by atoms with Crippen molar-refractivity contribution in [1.29, 1.82) is 0 Å². The minimum atomic E-state index is -0.291. The van der Waals surface area contributed by atoms with E-state index in [4.69, 9.17) is 11.6 Å². The van der Waals surface area contributed by atoms with Crippen molar-refractivity contribution >= 4 is 29.3 Å². The molecule has 1 N–H and O–H groups in total. The molecule has 0 spiro atoms. The quantitative estimate of drug-likeness (QED) is 0.772. The number of carbonyl (C=O) groups is 2. The average Bonchev–Trinajstić information content (AvgIpc) is 3.20. The van der Waals surface area contributed by atoms with E-state index in [9.17, 15) is 9.59 Å². The van der Waals surface area contributed by atoms with Crippen LogP contribution in [0.4, 0.5) is 4.79 Å². The maximum atomic E-state index is 13.1. The number of rotatable bonds is 4. The Morgan fingerprint density at radius 3 is 2.47 bits per heavy atom. The number of carbonyl (C=O) groups excluding carboxylic acids is 2. The second-order valence-electron chi connectivity index (χ2n) is 8.50. The molecule has 8 heteroatoms. The molecule has 7 nitrogen and oxygen atoms in total. The van der Waals surface area contributed by atoms with E-state index in [-0.39, 0.29) is 24.0 Å². The van der Waals surface area contributed by atoms with E-state index in [0.717, 1.165) is 28.9 Å². The van der Waals surface area contributed by atoms with Gasteiger partial charge in [0.05, 0.1) is 30.9 Å². The number of halogens is 1. The zero-order valence-electron chi connectivity index (χ0n) is 18.6. The molecule has 168 valence electrons. The molecule has 1 unspecified atom stereocenters. The van der Waals surface area contributed by atoms with Crippen LogP contribution in [0.1, 0.15) is 29.7 Å². The van der Waals surface area contributed by atoms with Gasteiger partial charge in [-0.2, -0.15) is 5.10 Å².